The lowest BCUT2D eigenvalue weighted by Crippen LogP contribution is -2.33. The quantitative estimate of drug-likeness (QED) is 0.0356. The molecule has 6 nitrogen and oxygen atoms in total. The summed E-state index contributed by atoms with van der Waals surface area (Å²) in [7, 11) is 0. The maximum Gasteiger partial charge on any atom is 0.119 e. The first-order valence-electron chi connectivity index (χ1n) is 50.0. The molecule has 0 saturated carbocycles. The van der Waals surface area contributed by atoms with Gasteiger partial charge >= 0.3 is 0 Å². The van der Waals surface area contributed by atoms with Crippen molar-refractivity contribution in [3.8, 4) is 90.1 Å². The van der Waals surface area contributed by atoms with Gasteiger partial charge in [-0.1, -0.05) is 389 Å². The van der Waals surface area contributed by atoms with Gasteiger partial charge in [0.2, 0.25) is 0 Å². The van der Waals surface area contributed by atoms with E-state index in [2.05, 4.69) is 386 Å². The maximum absolute atomic E-state index is 6.68. The Morgan fingerprint density at radius 2 is 0.432 bits per heavy atom. The predicted octanol–water partition coefficient (Wildman–Crippen LogP) is 32.6. The molecular weight excluding hydrogens is 1610 g/mol. The third kappa shape index (κ3) is 16.8. The van der Waals surface area contributed by atoms with Crippen LogP contribution in [0.25, 0.3) is 55.6 Å². The molecule has 4 aliphatic rings. The van der Waals surface area contributed by atoms with Gasteiger partial charge in [-0.25, -0.2) is 0 Å². The zero-order chi connectivity index (χ0) is 91.1. The number of aryl methyl sites for hydroxylation is 2. The molecule has 0 spiro atoms. The minimum absolute atomic E-state index is 0.411. The van der Waals surface area contributed by atoms with Crippen LogP contribution in [0.5, 0.6) is 34.5 Å². The van der Waals surface area contributed by atoms with E-state index < -0.39 is 21.7 Å². The Balaban J connectivity index is 0.887. The molecule has 0 fully saturated rings. The topological polar surface area (TPSA) is 55.4 Å². The lowest BCUT2D eigenvalue weighted by molar-refractivity contribution is 0.256. The lowest BCUT2D eigenvalue weighted by Gasteiger charge is -2.39. The second kappa shape index (κ2) is 39.7. The summed E-state index contributed by atoms with van der Waals surface area (Å²) in [4.78, 5) is 0. The van der Waals surface area contributed by atoms with Crippen LogP contribution in [0, 0.1) is 37.5 Å². The first-order valence-corrected chi connectivity index (χ1v) is 50.0. The van der Waals surface area contributed by atoms with Gasteiger partial charge in [-0.05, 0) is 280 Å². The fraction of sp³-hybridized carbons (Fsp3) is 0.333. The van der Waals surface area contributed by atoms with Crippen molar-refractivity contribution in [2.45, 2.75) is 207 Å². The highest BCUT2D eigenvalue weighted by Crippen LogP contribution is 2.65. The molecule has 0 N–H and O–H groups in total. The van der Waals surface area contributed by atoms with E-state index in [9.17, 15) is 0 Å². The molecule has 132 heavy (non-hydrogen) atoms. The van der Waals surface area contributed by atoms with Crippen LogP contribution in [0.1, 0.15) is 272 Å². The largest absolute Gasteiger partial charge is 0.494 e. The molecule has 0 amide bonds. The van der Waals surface area contributed by atoms with E-state index in [1.54, 1.807) is 0 Å². The lowest BCUT2D eigenvalue weighted by atomic mass is 9.62. The van der Waals surface area contributed by atoms with Crippen molar-refractivity contribution >= 4 is 0 Å². The number of ether oxygens (including phenoxy) is 6. The monoisotopic (exact) mass is 1740 g/mol. The molecule has 674 valence electrons. The van der Waals surface area contributed by atoms with E-state index >= 15 is 0 Å². The van der Waals surface area contributed by atoms with Crippen molar-refractivity contribution < 1.29 is 28.4 Å². The van der Waals surface area contributed by atoms with Crippen molar-refractivity contribution in [1.29, 1.82) is 0 Å². The van der Waals surface area contributed by atoms with Gasteiger partial charge in [0.05, 0.1) is 61.3 Å². The molecule has 14 aromatic carbocycles. The zero-order valence-corrected chi connectivity index (χ0v) is 80.2. The van der Waals surface area contributed by atoms with Gasteiger partial charge in [-0.3, -0.25) is 0 Å². The van der Waals surface area contributed by atoms with Crippen molar-refractivity contribution in [2.24, 2.45) is 23.7 Å². The van der Waals surface area contributed by atoms with Crippen LogP contribution >= 0.6 is 0 Å². The third-order valence-corrected chi connectivity index (χ3v) is 30.1. The van der Waals surface area contributed by atoms with Crippen LogP contribution in [0.15, 0.2) is 303 Å². The van der Waals surface area contributed by atoms with Gasteiger partial charge in [0.15, 0.2) is 0 Å². The second-order valence-corrected chi connectivity index (χ2v) is 38.9. The number of hydrogen-bond acceptors (Lipinski definition) is 6. The van der Waals surface area contributed by atoms with Crippen LogP contribution in [0.3, 0.4) is 0 Å². The van der Waals surface area contributed by atoms with E-state index in [0.29, 0.717) is 63.3 Å². The first kappa shape index (κ1) is 90.4. The number of hydrogen-bond donors (Lipinski definition) is 0. The molecule has 0 bridgehead atoms. The Hall–Kier alpha value is -12.1. The van der Waals surface area contributed by atoms with E-state index in [4.69, 9.17) is 28.4 Å². The summed E-state index contributed by atoms with van der Waals surface area (Å²) in [5.74, 6) is 6.90. The summed E-state index contributed by atoms with van der Waals surface area (Å²) in [5, 5.41) is 0. The second-order valence-electron chi connectivity index (χ2n) is 38.9. The highest BCUT2D eigenvalue weighted by atomic mass is 16.5. The molecule has 14 aromatic rings. The molecule has 0 radical (unpaired) electrons. The molecule has 4 aliphatic carbocycles. The first-order chi connectivity index (χ1) is 64.6. The summed E-state index contributed by atoms with van der Waals surface area (Å²) in [6, 6.07) is 118. The van der Waals surface area contributed by atoms with Crippen LogP contribution in [-0.2, 0) is 21.7 Å². The molecule has 4 unspecified atom stereocenters. The van der Waals surface area contributed by atoms with Gasteiger partial charge in [-0.15, -0.1) is 0 Å². The predicted molar refractivity (Wildman–Crippen MR) is 548 cm³/mol. The van der Waals surface area contributed by atoms with Gasteiger partial charge in [0.1, 0.15) is 34.5 Å². The Kier molecular flexibility index (Phi) is 27.2. The number of benzene rings is 14. The maximum atomic E-state index is 6.68. The Morgan fingerprint density at radius 1 is 0.205 bits per heavy atom. The normalized spacial score (nSPS) is 17.0. The standard InChI is InChI=1S/C126H134O6/c1-13-19-21-23-25-31-73-127-101-55-41-97(42-56-101)125(98-43-57-102(58-44-98)128-74-32-26-24-22-20-14-2)117-75-89(11)37-67-109(117)111-69-39-91(77-119(111)125)92-40-70-112-110-68-38-90(12)76-118(110)126(120(112)78-92,99-53-71-113-107-33-27-29-35-115(107)123(121(113)79-99,93-45-59-103(60-46-93)129-81-85(7)15-3)94-47-61-104(62-48-94)130-82-86(8)16-4)100-54-72-114-108-34-28-30-36-116(108)124(122(114)80-100,95-49-63-105(64-50-95)131-83-87(9)17-5)96-51-65-106(66-52-96)132-84-88(10)18-6/h27-30,33-72,75-80,85-88H,13-26,31-32,73-74,81-84H2,1-12H3. The van der Waals surface area contributed by atoms with Crippen molar-refractivity contribution in [3.63, 3.8) is 0 Å². The average Bonchev–Trinajstić information content (AvgIpc) is 1.51. The molecule has 6 heteroatoms. The molecular formula is C126H134O6. The van der Waals surface area contributed by atoms with Gasteiger partial charge in [0.25, 0.3) is 0 Å². The van der Waals surface area contributed by atoms with Crippen LogP contribution in [0.2, 0.25) is 0 Å². The minimum Gasteiger partial charge on any atom is -0.494 e. The van der Waals surface area contributed by atoms with E-state index in [1.165, 1.54) is 187 Å². The summed E-state index contributed by atoms with van der Waals surface area (Å²) in [5.41, 5.74) is 30.2. The highest BCUT2D eigenvalue weighted by molar-refractivity contribution is 5.95. The van der Waals surface area contributed by atoms with Crippen LogP contribution < -0.4 is 28.4 Å². The Labute approximate surface area is 787 Å². The zero-order valence-electron chi connectivity index (χ0n) is 80.2. The highest BCUT2D eigenvalue weighted by Gasteiger charge is 2.54. The smallest absolute Gasteiger partial charge is 0.119 e. The van der Waals surface area contributed by atoms with E-state index in [0.717, 1.165) is 106 Å². The van der Waals surface area contributed by atoms with E-state index in [-0.39, 0.29) is 0 Å². The van der Waals surface area contributed by atoms with Crippen LogP contribution in [0.4, 0.5) is 0 Å². The Bertz CT molecular complexity index is 5940. The molecule has 0 aliphatic heterocycles. The van der Waals surface area contributed by atoms with E-state index in [1.807, 2.05) is 0 Å². The third-order valence-electron chi connectivity index (χ3n) is 30.1. The van der Waals surface area contributed by atoms with Crippen LogP contribution in [-0.4, -0.2) is 39.6 Å². The summed E-state index contributed by atoms with van der Waals surface area (Å²) in [6.45, 7) is 31.1. The SMILES string of the molecule is CCCCCCCCOc1ccc(C2(c3ccc(OCCCCCCCC)cc3)c3cc(C)ccc3-c3ccc(-c4ccc5c(c4)C(c4ccc6c(c4)C(c4ccc(OCC(C)CC)cc4)(c4ccc(OCC(C)CC)cc4)c4ccccc4-6)(c4ccc6c(c4)C(c4ccc(OCC(C)CC)cc4)(c4ccc(OCC(C)CC)cc4)c4ccccc4-6)c4cc(C)ccc4-5)cc32)cc1. The Morgan fingerprint density at radius 3 is 0.735 bits per heavy atom. The van der Waals surface area contributed by atoms with Crippen molar-refractivity contribution in [2.75, 3.05) is 39.6 Å². The fourth-order valence-corrected chi connectivity index (χ4v) is 21.8. The molecule has 18 rings (SSSR count). The number of rotatable bonds is 41. The molecule has 0 saturated heterocycles. The van der Waals surface area contributed by atoms with Gasteiger partial charge in [-0.2, -0.15) is 0 Å². The summed E-state index contributed by atoms with van der Waals surface area (Å²) < 4.78 is 40.0. The minimum atomic E-state index is -0.994. The molecule has 4 atom stereocenters. The summed E-state index contributed by atoms with van der Waals surface area (Å²) >= 11 is 0. The summed E-state index contributed by atoms with van der Waals surface area (Å²) in [6.07, 6.45) is 18.7. The van der Waals surface area contributed by atoms with Crippen molar-refractivity contribution in [3.05, 3.63) is 403 Å². The molecule has 0 heterocycles. The van der Waals surface area contributed by atoms with Gasteiger partial charge in [0, 0.05) is 0 Å². The molecule has 0 aromatic heterocycles. The fourth-order valence-electron chi connectivity index (χ4n) is 21.8. The average molecular weight is 1740 g/mol. The number of unbranched alkanes of at least 4 members (excludes halogenated alkanes) is 10. The van der Waals surface area contributed by atoms with Crippen molar-refractivity contribution in [1.82, 2.24) is 0 Å². The number of fused-ring (bicyclic) bond motifs is 12. The van der Waals surface area contributed by atoms with Gasteiger partial charge < -0.3 is 28.4 Å².